The summed E-state index contributed by atoms with van der Waals surface area (Å²) in [6, 6.07) is 14.8. The molecule has 2 fully saturated rings. The minimum absolute atomic E-state index is 0.153. The Labute approximate surface area is 201 Å². The molecule has 6 heteroatoms. The van der Waals surface area contributed by atoms with Crippen LogP contribution >= 0.6 is 0 Å². The molecule has 2 heterocycles. The second-order valence-electron chi connectivity index (χ2n) is 9.96. The second kappa shape index (κ2) is 10.1. The fraction of sp³-hybridized carbons (Fsp3) is 0.464. The molecule has 2 aromatic rings. The molecule has 0 aromatic heterocycles. The SMILES string of the molecule is O=C(NC1CCN(CC2CCCC2)CC1)c1ccc2c(c1)C(=O)N(CCc1ccccc1)C2=O. The molecule has 2 aliphatic heterocycles. The minimum atomic E-state index is -0.314. The average molecular weight is 460 g/mol. The van der Waals surface area contributed by atoms with Gasteiger partial charge in [-0.1, -0.05) is 43.2 Å². The summed E-state index contributed by atoms with van der Waals surface area (Å²) in [6.45, 7) is 3.57. The Kier molecular flexibility index (Phi) is 6.77. The van der Waals surface area contributed by atoms with Crippen LogP contribution in [-0.2, 0) is 6.42 Å². The molecular formula is C28H33N3O3. The minimum Gasteiger partial charge on any atom is -0.349 e. The molecule has 0 spiro atoms. The first-order valence-corrected chi connectivity index (χ1v) is 12.7. The van der Waals surface area contributed by atoms with Gasteiger partial charge in [0.1, 0.15) is 0 Å². The number of rotatable bonds is 7. The molecule has 1 saturated carbocycles. The number of benzene rings is 2. The average Bonchev–Trinajstić information content (AvgIpc) is 3.46. The highest BCUT2D eigenvalue weighted by molar-refractivity contribution is 6.22. The van der Waals surface area contributed by atoms with Gasteiger partial charge in [0.05, 0.1) is 11.1 Å². The van der Waals surface area contributed by atoms with Gasteiger partial charge in [-0.2, -0.15) is 0 Å². The molecule has 34 heavy (non-hydrogen) atoms. The van der Waals surface area contributed by atoms with Crippen LogP contribution in [0.15, 0.2) is 48.5 Å². The van der Waals surface area contributed by atoms with E-state index in [1.54, 1.807) is 18.2 Å². The molecule has 3 amide bonds. The van der Waals surface area contributed by atoms with Crippen molar-refractivity contribution >= 4 is 17.7 Å². The molecule has 178 valence electrons. The fourth-order valence-electron chi connectivity index (χ4n) is 5.61. The van der Waals surface area contributed by atoms with E-state index in [4.69, 9.17) is 0 Å². The molecule has 0 atom stereocenters. The van der Waals surface area contributed by atoms with Gasteiger partial charge in [-0.25, -0.2) is 0 Å². The molecule has 1 aliphatic carbocycles. The van der Waals surface area contributed by atoms with Crippen molar-refractivity contribution in [2.24, 2.45) is 5.92 Å². The predicted octanol–water partition coefficient (Wildman–Crippen LogP) is 3.91. The molecule has 5 rings (SSSR count). The molecule has 1 N–H and O–H groups in total. The van der Waals surface area contributed by atoms with Crippen LogP contribution in [0, 0.1) is 5.92 Å². The van der Waals surface area contributed by atoms with Gasteiger partial charge in [-0.15, -0.1) is 0 Å². The number of piperidine rings is 1. The van der Waals surface area contributed by atoms with Crippen LogP contribution in [0.4, 0.5) is 0 Å². The van der Waals surface area contributed by atoms with Gasteiger partial charge in [0.2, 0.25) is 0 Å². The lowest BCUT2D eigenvalue weighted by atomic mass is 10.0. The van der Waals surface area contributed by atoms with E-state index in [0.29, 0.717) is 29.7 Å². The number of nitrogens with zero attached hydrogens (tertiary/aromatic N) is 2. The third-order valence-electron chi connectivity index (χ3n) is 7.61. The Bertz CT molecular complexity index is 1050. The van der Waals surface area contributed by atoms with Gasteiger partial charge in [-0.05, 0) is 61.8 Å². The van der Waals surface area contributed by atoms with Crippen molar-refractivity contribution in [3.05, 3.63) is 70.8 Å². The Hall–Kier alpha value is -2.99. The first-order chi connectivity index (χ1) is 16.6. The second-order valence-corrected chi connectivity index (χ2v) is 9.96. The van der Waals surface area contributed by atoms with Crippen molar-refractivity contribution in [2.45, 2.75) is 51.0 Å². The number of carbonyl (C=O) groups excluding carboxylic acids is 3. The van der Waals surface area contributed by atoms with E-state index in [1.165, 1.54) is 37.1 Å². The number of imide groups is 1. The van der Waals surface area contributed by atoms with Crippen molar-refractivity contribution < 1.29 is 14.4 Å². The van der Waals surface area contributed by atoms with E-state index in [-0.39, 0.29) is 23.8 Å². The number of likely N-dealkylation sites (tertiary alicyclic amines) is 1. The molecule has 6 nitrogen and oxygen atoms in total. The summed E-state index contributed by atoms with van der Waals surface area (Å²) in [5, 5.41) is 3.15. The van der Waals surface area contributed by atoms with Gasteiger partial charge in [0.15, 0.2) is 0 Å². The molecule has 2 aromatic carbocycles. The quantitative estimate of drug-likeness (QED) is 0.638. The Balaban J connectivity index is 1.16. The first-order valence-electron chi connectivity index (χ1n) is 12.7. The van der Waals surface area contributed by atoms with Gasteiger partial charge < -0.3 is 10.2 Å². The highest BCUT2D eigenvalue weighted by Crippen LogP contribution is 2.27. The van der Waals surface area contributed by atoms with E-state index >= 15 is 0 Å². The summed E-state index contributed by atoms with van der Waals surface area (Å²) in [5.74, 6) is 0.0911. The van der Waals surface area contributed by atoms with Gasteiger partial charge in [0, 0.05) is 37.8 Å². The van der Waals surface area contributed by atoms with Crippen LogP contribution in [0.25, 0.3) is 0 Å². The van der Waals surface area contributed by atoms with Crippen molar-refractivity contribution in [3.8, 4) is 0 Å². The highest BCUT2D eigenvalue weighted by Gasteiger charge is 2.36. The normalized spacial score (nSPS) is 19.6. The standard InChI is InChI=1S/C28H33N3O3/c32-26(29-23-13-15-30(16-14-23)19-21-8-4-5-9-21)22-10-11-24-25(18-22)28(34)31(27(24)33)17-12-20-6-2-1-3-7-20/h1-3,6-7,10-11,18,21,23H,4-5,8-9,12-17,19H2,(H,29,32). The van der Waals surface area contributed by atoms with Gasteiger partial charge in [-0.3, -0.25) is 19.3 Å². The Morgan fingerprint density at radius 2 is 1.59 bits per heavy atom. The predicted molar refractivity (Wildman–Crippen MR) is 131 cm³/mol. The van der Waals surface area contributed by atoms with Crippen LogP contribution < -0.4 is 5.32 Å². The van der Waals surface area contributed by atoms with Crippen LogP contribution in [0.2, 0.25) is 0 Å². The van der Waals surface area contributed by atoms with Crippen molar-refractivity contribution in [2.75, 3.05) is 26.2 Å². The van der Waals surface area contributed by atoms with Crippen LogP contribution in [-0.4, -0.2) is 59.7 Å². The van der Waals surface area contributed by atoms with Gasteiger partial charge in [0.25, 0.3) is 17.7 Å². The Morgan fingerprint density at radius 1 is 0.882 bits per heavy atom. The van der Waals surface area contributed by atoms with Gasteiger partial charge >= 0.3 is 0 Å². The lowest BCUT2D eigenvalue weighted by molar-refractivity contribution is 0.0656. The highest BCUT2D eigenvalue weighted by atomic mass is 16.2. The van der Waals surface area contributed by atoms with E-state index < -0.39 is 0 Å². The third-order valence-corrected chi connectivity index (χ3v) is 7.61. The zero-order valence-electron chi connectivity index (χ0n) is 19.7. The largest absolute Gasteiger partial charge is 0.349 e. The maximum atomic E-state index is 12.9. The van der Waals surface area contributed by atoms with Crippen LogP contribution in [0.3, 0.4) is 0 Å². The summed E-state index contributed by atoms with van der Waals surface area (Å²) in [4.78, 5) is 42.5. The van der Waals surface area contributed by atoms with Crippen molar-refractivity contribution in [1.29, 1.82) is 0 Å². The van der Waals surface area contributed by atoms with E-state index in [9.17, 15) is 14.4 Å². The lowest BCUT2D eigenvalue weighted by Crippen LogP contribution is -2.45. The van der Waals surface area contributed by atoms with E-state index in [2.05, 4.69) is 10.2 Å². The van der Waals surface area contributed by atoms with Crippen molar-refractivity contribution in [1.82, 2.24) is 15.1 Å². The number of amides is 3. The fourth-order valence-corrected chi connectivity index (χ4v) is 5.61. The monoisotopic (exact) mass is 459 g/mol. The molecule has 3 aliphatic rings. The third kappa shape index (κ3) is 4.92. The molecule has 1 saturated heterocycles. The zero-order valence-corrected chi connectivity index (χ0v) is 19.7. The number of fused-ring (bicyclic) bond motifs is 1. The van der Waals surface area contributed by atoms with Crippen LogP contribution in [0.5, 0.6) is 0 Å². The summed E-state index contributed by atoms with van der Waals surface area (Å²) < 4.78 is 0. The maximum Gasteiger partial charge on any atom is 0.261 e. The summed E-state index contributed by atoms with van der Waals surface area (Å²) in [6.07, 6.45) is 7.98. The van der Waals surface area contributed by atoms with Crippen molar-refractivity contribution in [3.63, 3.8) is 0 Å². The van der Waals surface area contributed by atoms with Crippen LogP contribution in [0.1, 0.15) is 75.2 Å². The lowest BCUT2D eigenvalue weighted by Gasteiger charge is -2.33. The smallest absolute Gasteiger partial charge is 0.261 e. The van der Waals surface area contributed by atoms with E-state index in [0.717, 1.165) is 37.4 Å². The summed E-state index contributed by atoms with van der Waals surface area (Å²) in [7, 11) is 0. The zero-order chi connectivity index (χ0) is 23.5. The number of carbonyl (C=O) groups is 3. The van der Waals surface area contributed by atoms with E-state index in [1.807, 2.05) is 30.3 Å². The molecular weight excluding hydrogens is 426 g/mol. The summed E-state index contributed by atoms with van der Waals surface area (Å²) >= 11 is 0. The number of hydrogen-bond acceptors (Lipinski definition) is 4. The molecule has 0 unspecified atom stereocenters. The maximum absolute atomic E-state index is 12.9. The molecule has 0 bridgehead atoms. The Morgan fingerprint density at radius 3 is 2.32 bits per heavy atom. The number of nitrogens with one attached hydrogen (secondary N) is 1. The molecule has 0 radical (unpaired) electrons. The number of hydrogen-bond donors (Lipinski definition) is 1. The summed E-state index contributed by atoms with van der Waals surface area (Å²) in [5.41, 5.74) is 2.23. The first kappa shape index (κ1) is 22.8. The topological polar surface area (TPSA) is 69.7 Å².